The lowest BCUT2D eigenvalue weighted by Gasteiger charge is -2.34. The van der Waals surface area contributed by atoms with Crippen molar-refractivity contribution in [3.63, 3.8) is 0 Å². The SMILES string of the molecule is CC1CCCN(C(=O)N2CCC(S(=O)c3ccc(F)cc3)C2)C1. The van der Waals surface area contributed by atoms with E-state index in [2.05, 4.69) is 6.92 Å². The van der Waals surface area contributed by atoms with Crippen LogP contribution in [0.3, 0.4) is 0 Å². The average Bonchev–Trinajstić information content (AvgIpc) is 3.04. The van der Waals surface area contributed by atoms with Crippen molar-refractivity contribution in [1.82, 2.24) is 9.80 Å². The Morgan fingerprint density at radius 2 is 1.83 bits per heavy atom. The summed E-state index contributed by atoms with van der Waals surface area (Å²) >= 11 is 0. The van der Waals surface area contributed by atoms with Crippen molar-refractivity contribution >= 4 is 16.8 Å². The van der Waals surface area contributed by atoms with Crippen molar-refractivity contribution in [2.75, 3.05) is 26.2 Å². The first-order valence-corrected chi connectivity index (χ1v) is 9.46. The molecule has 4 nitrogen and oxygen atoms in total. The summed E-state index contributed by atoms with van der Waals surface area (Å²) in [6, 6.07) is 5.89. The van der Waals surface area contributed by atoms with Crippen LogP contribution in [0.15, 0.2) is 29.2 Å². The Balaban J connectivity index is 1.60. The molecule has 0 bridgehead atoms. The molecule has 6 heteroatoms. The number of halogens is 1. The summed E-state index contributed by atoms with van der Waals surface area (Å²) in [6.07, 6.45) is 2.98. The number of nitrogens with zero attached hydrogens (tertiary/aromatic N) is 2. The highest BCUT2D eigenvalue weighted by Crippen LogP contribution is 2.23. The van der Waals surface area contributed by atoms with E-state index in [1.165, 1.54) is 18.6 Å². The predicted octanol–water partition coefficient (Wildman–Crippen LogP) is 2.86. The molecule has 3 rings (SSSR count). The zero-order valence-electron chi connectivity index (χ0n) is 13.4. The molecule has 0 saturated carbocycles. The highest BCUT2D eigenvalue weighted by atomic mass is 32.2. The summed E-state index contributed by atoms with van der Waals surface area (Å²) in [6.45, 7) is 5.00. The molecule has 1 aromatic carbocycles. The second-order valence-electron chi connectivity index (χ2n) is 6.58. The van der Waals surface area contributed by atoms with Crippen LogP contribution in [-0.4, -0.2) is 51.5 Å². The minimum Gasteiger partial charge on any atom is -0.324 e. The Bertz CT molecular complexity index is 593. The van der Waals surface area contributed by atoms with Gasteiger partial charge in [-0.05, 0) is 49.4 Å². The Labute approximate surface area is 139 Å². The van der Waals surface area contributed by atoms with Crippen molar-refractivity contribution < 1.29 is 13.4 Å². The van der Waals surface area contributed by atoms with E-state index in [4.69, 9.17) is 0 Å². The largest absolute Gasteiger partial charge is 0.324 e. The van der Waals surface area contributed by atoms with Crippen molar-refractivity contribution in [3.05, 3.63) is 30.1 Å². The lowest BCUT2D eigenvalue weighted by atomic mass is 10.0. The number of rotatable bonds is 2. The fourth-order valence-electron chi connectivity index (χ4n) is 3.40. The minimum atomic E-state index is -1.20. The van der Waals surface area contributed by atoms with Crippen molar-refractivity contribution in [3.8, 4) is 0 Å². The summed E-state index contributed by atoms with van der Waals surface area (Å²) < 4.78 is 25.6. The van der Waals surface area contributed by atoms with Crippen LogP contribution in [0.25, 0.3) is 0 Å². The van der Waals surface area contributed by atoms with Gasteiger partial charge in [0.15, 0.2) is 0 Å². The van der Waals surface area contributed by atoms with Crippen LogP contribution in [0, 0.1) is 11.7 Å². The van der Waals surface area contributed by atoms with Gasteiger partial charge in [-0.2, -0.15) is 0 Å². The molecule has 3 atom stereocenters. The van der Waals surface area contributed by atoms with Crippen LogP contribution in [0.5, 0.6) is 0 Å². The molecule has 2 heterocycles. The van der Waals surface area contributed by atoms with Gasteiger partial charge in [0.05, 0.1) is 16.0 Å². The monoisotopic (exact) mass is 338 g/mol. The molecule has 2 saturated heterocycles. The molecule has 3 unspecified atom stereocenters. The van der Waals surface area contributed by atoms with E-state index < -0.39 is 10.8 Å². The molecule has 0 aliphatic carbocycles. The second kappa shape index (κ2) is 6.99. The first-order valence-electron chi connectivity index (χ1n) is 8.24. The smallest absolute Gasteiger partial charge is 0.320 e. The molecule has 0 spiro atoms. The Morgan fingerprint density at radius 3 is 2.52 bits per heavy atom. The summed E-state index contributed by atoms with van der Waals surface area (Å²) in [7, 11) is -1.20. The number of benzene rings is 1. The van der Waals surface area contributed by atoms with Gasteiger partial charge in [-0.3, -0.25) is 4.21 Å². The molecule has 2 aliphatic rings. The van der Waals surface area contributed by atoms with Crippen molar-refractivity contribution in [2.24, 2.45) is 5.92 Å². The number of hydrogen-bond donors (Lipinski definition) is 0. The molecule has 0 aromatic heterocycles. The molecular weight excluding hydrogens is 315 g/mol. The van der Waals surface area contributed by atoms with E-state index in [0.717, 1.165) is 25.9 Å². The molecule has 2 fully saturated rings. The number of amides is 2. The number of carbonyl (C=O) groups is 1. The molecule has 2 amide bonds. The molecule has 126 valence electrons. The van der Waals surface area contributed by atoms with Gasteiger partial charge >= 0.3 is 6.03 Å². The maximum absolute atomic E-state index is 13.0. The number of likely N-dealkylation sites (tertiary alicyclic amines) is 2. The molecule has 0 N–H and O–H groups in total. The summed E-state index contributed by atoms with van der Waals surface area (Å²) in [5.74, 6) is 0.229. The second-order valence-corrected chi connectivity index (χ2v) is 8.32. The lowest BCUT2D eigenvalue weighted by molar-refractivity contribution is 0.139. The number of hydrogen-bond acceptors (Lipinski definition) is 2. The van der Waals surface area contributed by atoms with E-state index in [1.54, 1.807) is 12.1 Å². The lowest BCUT2D eigenvalue weighted by Crippen LogP contribution is -2.46. The number of urea groups is 1. The van der Waals surface area contributed by atoms with Crippen LogP contribution >= 0.6 is 0 Å². The summed E-state index contributed by atoms with van der Waals surface area (Å²) in [5, 5.41) is -0.0633. The Morgan fingerprint density at radius 1 is 1.13 bits per heavy atom. The quantitative estimate of drug-likeness (QED) is 0.832. The van der Waals surface area contributed by atoms with Gasteiger partial charge in [0.25, 0.3) is 0 Å². The number of piperidine rings is 1. The van der Waals surface area contributed by atoms with Gasteiger partial charge < -0.3 is 9.80 Å². The third-order valence-electron chi connectivity index (χ3n) is 4.69. The fraction of sp³-hybridized carbons (Fsp3) is 0.588. The predicted molar refractivity (Wildman–Crippen MR) is 88.2 cm³/mol. The first kappa shape index (κ1) is 16.4. The van der Waals surface area contributed by atoms with E-state index >= 15 is 0 Å². The minimum absolute atomic E-state index is 0.0633. The molecular formula is C17H23FN2O2S. The van der Waals surface area contributed by atoms with Gasteiger partial charge in [-0.25, -0.2) is 9.18 Å². The maximum atomic E-state index is 13.0. The van der Waals surface area contributed by atoms with Gasteiger partial charge in [-0.1, -0.05) is 6.92 Å². The molecule has 2 aliphatic heterocycles. The van der Waals surface area contributed by atoms with Crippen LogP contribution in [0.2, 0.25) is 0 Å². The van der Waals surface area contributed by atoms with E-state index in [-0.39, 0.29) is 17.1 Å². The van der Waals surface area contributed by atoms with Gasteiger partial charge in [0, 0.05) is 31.1 Å². The zero-order chi connectivity index (χ0) is 16.4. The topological polar surface area (TPSA) is 40.6 Å². The van der Waals surface area contributed by atoms with Gasteiger partial charge in [-0.15, -0.1) is 0 Å². The van der Waals surface area contributed by atoms with Crippen molar-refractivity contribution in [2.45, 2.75) is 36.3 Å². The van der Waals surface area contributed by atoms with E-state index in [9.17, 15) is 13.4 Å². The molecule has 0 radical (unpaired) electrons. The standard InChI is InChI=1S/C17H23FN2O2S/c1-13-3-2-9-19(11-13)17(21)20-10-8-16(12-20)23(22)15-6-4-14(18)5-7-15/h4-7,13,16H,2-3,8-12H2,1H3. The Hall–Kier alpha value is -1.43. The average molecular weight is 338 g/mol. The number of carbonyl (C=O) groups excluding carboxylic acids is 1. The van der Waals surface area contributed by atoms with Crippen LogP contribution in [-0.2, 0) is 10.8 Å². The first-order chi connectivity index (χ1) is 11.0. The summed E-state index contributed by atoms with van der Waals surface area (Å²) in [4.78, 5) is 17.0. The van der Waals surface area contributed by atoms with Crippen LogP contribution in [0.1, 0.15) is 26.2 Å². The van der Waals surface area contributed by atoms with E-state index in [1.807, 2.05) is 9.80 Å². The van der Waals surface area contributed by atoms with Crippen LogP contribution in [0.4, 0.5) is 9.18 Å². The normalized spacial score (nSPS) is 26.3. The zero-order valence-corrected chi connectivity index (χ0v) is 14.2. The summed E-state index contributed by atoms with van der Waals surface area (Å²) in [5.41, 5.74) is 0. The van der Waals surface area contributed by atoms with E-state index in [0.29, 0.717) is 23.9 Å². The molecule has 1 aromatic rings. The fourth-order valence-corrected chi connectivity index (χ4v) is 4.83. The highest BCUT2D eigenvalue weighted by molar-refractivity contribution is 7.85. The van der Waals surface area contributed by atoms with Crippen molar-refractivity contribution in [1.29, 1.82) is 0 Å². The van der Waals surface area contributed by atoms with Crippen LogP contribution < -0.4 is 0 Å². The third-order valence-corrected chi connectivity index (χ3v) is 6.42. The van der Waals surface area contributed by atoms with Gasteiger partial charge in [0.1, 0.15) is 5.82 Å². The third kappa shape index (κ3) is 3.74. The Kier molecular flexibility index (Phi) is 4.99. The highest BCUT2D eigenvalue weighted by Gasteiger charge is 2.34. The molecule has 23 heavy (non-hydrogen) atoms. The maximum Gasteiger partial charge on any atom is 0.320 e. The van der Waals surface area contributed by atoms with Gasteiger partial charge in [0.2, 0.25) is 0 Å².